The molecule has 0 unspecified atom stereocenters. The normalized spacial score (nSPS) is 11.3. The lowest BCUT2D eigenvalue weighted by Crippen LogP contribution is -2.00. The topological polar surface area (TPSA) is 90.5 Å². The molecule has 0 aliphatic rings. The molecule has 0 fully saturated rings. The second-order valence-electron chi connectivity index (χ2n) is 14.7. The van der Waals surface area contributed by atoms with Crippen molar-refractivity contribution in [2.75, 3.05) is 0 Å². The van der Waals surface area contributed by atoms with Crippen molar-refractivity contribution in [3.63, 3.8) is 0 Å². The highest BCUT2D eigenvalue weighted by molar-refractivity contribution is 6.12. The molecule has 0 aliphatic carbocycles. The molecule has 61 heavy (non-hydrogen) atoms. The van der Waals surface area contributed by atoms with Crippen LogP contribution in [0.2, 0.25) is 0 Å². The fourth-order valence-corrected chi connectivity index (χ4v) is 7.78. The third kappa shape index (κ3) is 7.00. The lowest BCUT2D eigenvalue weighted by molar-refractivity contribution is 0.669. The van der Waals surface area contributed by atoms with Gasteiger partial charge in [0.1, 0.15) is 11.2 Å². The predicted octanol–water partition coefficient (Wildman–Crippen LogP) is 13.3. The Labute approximate surface area is 351 Å². The first-order chi connectivity index (χ1) is 30.2. The molecule has 0 radical (unpaired) electrons. The molecule has 0 aliphatic heterocycles. The van der Waals surface area contributed by atoms with Crippen molar-refractivity contribution >= 4 is 21.9 Å². The average Bonchev–Trinajstić information content (AvgIpc) is 3.73. The standard InChI is InChI=1S/C54H34N6O/c1-5-16-35(17-6-1)49-55-50(36-18-7-2-8-19-36)58-53(57-49)43-27-14-26-41(33-43)39-24-13-25-40(32-39)42-30-31-46-45(34-42)48-44(28-15-29-47(48)61-46)54-59-51(37-20-9-3-10-21-37)56-52(60-54)38-22-11-4-12-23-38/h1-34H. The predicted molar refractivity (Wildman–Crippen MR) is 244 cm³/mol. The van der Waals surface area contributed by atoms with E-state index < -0.39 is 0 Å². The van der Waals surface area contributed by atoms with Gasteiger partial charge >= 0.3 is 0 Å². The summed E-state index contributed by atoms with van der Waals surface area (Å²) < 4.78 is 6.47. The summed E-state index contributed by atoms with van der Waals surface area (Å²) in [6.07, 6.45) is 0. The van der Waals surface area contributed by atoms with Crippen molar-refractivity contribution in [3.05, 3.63) is 206 Å². The minimum Gasteiger partial charge on any atom is -0.456 e. The molecule has 286 valence electrons. The lowest BCUT2D eigenvalue weighted by atomic mass is 9.96. The van der Waals surface area contributed by atoms with Crippen molar-refractivity contribution in [3.8, 4) is 90.6 Å². The van der Waals surface area contributed by atoms with E-state index in [0.717, 1.165) is 77.6 Å². The molecule has 0 saturated carbocycles. The van der Waals surface area contributed by atoms with Gasteiger partial charge in [0.25, 0.3) is 0 Å². The molecule has 7 heteroatoms. The number of aromatic nitrogens is 6. The summed E-state index contributed by atoms with van der Waals surface area (Å²) in [5.74, 6) is 3.68. The van der Waals surface area contributed by atoms with Gasteiger partial charge < -0.3 is 4.42 Å². The highest BCUT2D eigenvalue weighted by Crippen LogP contribution is 2.39. The van der Waals surface area contributed by atoms with Crippen LogP contribution in [-0.4, -0.2) is 29.9 Å². The quantitative estimate of drug-likeness (QED) is 0.152. The molecule has 3 aromatic heterocycles. The smallest absolute Gasteiger partial charge is 0.164 e. The Morgan fingerprint density at radius 3 is 1.08 bits per heavy atom. The van der Waals surface area contributed by atoms with E-state index in [0.29, 0.717) is 34.9 Å². The molecule has 11 rings (SSSR count). The van der Waals surface area contributed by atoms with Gasteiger partial charge in [-0.05, 0) is 52.6 Å². The second-order valence-corrected chi connectivity index (χ2v) is 14.7. The Hall–Kier alpha value is -8.42. The van der Waals surface area contributed by atoms with Gasteiger partial charge in [0.05, 0.1) is 0 Å². The number of hydrogen-bond donors (Lipinski definition) is 0. The van der Waals surface area contributed by atoms with Gasteiger partial charge in [0.2, 0.25) is 0 Å². The minimum absolute atomic E-state index is 0.582. The van der Waals surface area contributed by atoms with Gasteiger partial charge in [-0.2, -0.15) is 0 Å². The van der Waals surface area contributed by atoms with Crippen LogP contribution in [0.1, 0.15) is 0 Å². The monoisotopic (exact) mass is 782 g/mol. The van der Waals surface area contributed by atoms with Crippen LogP contribution in [0.15, 0.2) is 211 Å². The summed E-state index contributed by atoms with van der Waals surface area (Å²) in [4.78, 5) is 29.9. The third-order valence-corrected chi connectivity index (χ3v) is 10.8. The maximum absolute atomic E-state index is 6.47. The third-order valence-electron chi connectivity index (χ3n) is 10.8. The van der Waals surface area contributed by atoms with Gasteiger partial charge in [-0.3, -0.25) is 0 Å². The fourth-order valence-electron chi connectivity index (χ4n) is 7.78. The van der Waals surface area contributed by atoms with Crippen molar-refractivity contribution in [2.45, 2.75) is 0 Å². The van der Waals surface area contributed by atoms with Gasteiger partial charge in [-0.1, -0.05) is 176 Å². The van der Waals surface area contributed by atoms with E-state index in [2.05, 4.69) is 72.8 Å². The summed E-state index contributed by atoms with van der Waals surface area (Å²) in [6.45, 7) is 0. The van der Waals surface area contributed by atoms with Gasteiger partial charge in [-0.15, -0.1) is 0 Å². The molecule has 8 aromatic carbocycles. The van der Waals surface area contributed by atoms with Crippen molar-refractivity contribution in [2.24, 2.45) is 0 Å². The molecule has 0 atom stereocenters. The Balaban J connectivity index is 0.991. The number of rotatable bonds is 8. The number of hydrogen-bond acceptors (Lipinski definition) is 7. The van der Waals surface area contributed by atoms with E-state index in [1.807, 2.05) is 133 Å². The molecule has 0 saturated heterocycles. The van der Waals surface area contributed by atoms with Crippen LogP contribution >= 0.6 is 0 Å². The summed E-state index contributed by atoms with van der Waals surface area (Å²) in [5.41, 5.74) is 11.3. The van der Waals surface area contributed by atoms with Crippen LogP contribution in [0.3, 0.4) is 0 Å². The van der Waals surface area contributed by atoms with E-state index >= 15 is 0 Å². The maximum Gasteiger partial charge on any atom is 0.164 e. The van der Waals surface area contributed by atoms with Crippen LogP contribution in [0.25, 0.3) is 113 Å². The second kappa shape index (κ2) is 15.4. The van der Waals surface area contributed by atoms with Crippen LogP contribution in [-0.2, 0) is 0 Å². The zero-order chi connectivity index (χ0) is 40.5. The van der Waals surface area contributed by atoms with Gasteiger partial charge in [0.15, 0.2) is 34.9 Å². The van der Waals surface area contributed by atoms with Crippen LogP contribution < -0.4 is 0 Å². The molecule has 7 nitrogen and oxygen atoms in total. The fraction of sp³-hybridized carbons (Fsp3) is 0. The molecular formula is C54H34N6O. The van der Waals surface area contributed by atoms with Gasteiger partial charge in [0, 0.05) is 44.2 Å². The summed E-state index contributed by atoms with van der Waals surface area (Å²) in [5, 5.41) is 1.94. The van der Waals surface area contributed by atoms with E-state index in [1.165, 1.54) is 0 Å². The lowest BCUT2D eigenvalue weighted by Gasteiger charge is -2.10. The number of benzene rings is 8. The molecule has 0 spiro atoms. The van der Waals surface area contributed by atoms with Crippen LogP contribution in [0.4, 0.5) is 0 Å². The van der Waals surface area contributed by atoms with E-state index in [4.69, 9.17) is 34.3 Å². The van der Waals surface area contributed by atoms with Gasteiger partial charge in [-0.25, -0.2) is 29.9 Å². The number of furan rings is 1. The van der Waals surface area contributed by atoms with Crippen LogP contribution in [0, 0.1) is 0 Å². The van der Waals surface area contributed by atoms with Crippen molar-refractivity contribution in [1.82, 2.24) is 29.9 Å². The summed E-state index contributed by atoms with van der Waals surface area (Å²) in [6, 6.07) is 69.6. The van der Waals surface area contributed by atoms with E-state index in [9.17, 15) is 0 Å². The first-order valence-electron chi connectivity index (χ1n) is 20.1. The molecule has 0 bridgehead atoms. The Morgan fingerprint density at radius 2 is 0.607 bits per heavy atom. The average molecular weight is 783 g/mol. The number of fused-ring (bicyclic) bond motifs is 3. The molecule has 0 amide bonds. The van der Waals surface area contributed by atoms with Crippen LogP contribution in [0.5, 0.6) is 0 Å². The largest absolute Gasteiger partial charge is 0.456 e. The molecule has 0 N–H and O–H groups in total. The minimum atomic E-state index is 0.582. The van der Waals surface area contributed by atoms with E-state index in [1.54, 1.807) is 0 Å². The van der Waals surface area contributed by atoms with Crippen molar-refractivity contribution in [1.29, 1.82) is 0 Å². The molecule has 11 aromatic rings. The summed E-state index contributed by atoms with van der Waals surface area (Å²) in [7, 11) is 0. The highest BCUT2D eigenvalue weighted by Gasteiger charge is 2.19. The zero-order valence-electron chi connectivity index (χ0n) is 32.7. The first-order valence-corrected chi connectivity index (χ1v) is 20.1. The summed E-state index contributed by atoms with van der Waals surface area (Å²) >= 11 is 0. The highest BCUT2D eigenvalue weighted by atomic mass is 16.3. The SMILES string of the molecule is c1ccc(-c2nc(-c3ccccc3)nc(-c3cccc(-c4cccc(-c5ccc6oc7cccc(-c8nc(-c9ccccc9)nc(-c9ccccc9)n8)c7c6c5)c4)c3)n2)cc1. The number of nitrogens with zero attached hydrogens (tertiary/aromatic N) is 6. The first kappa shape index (κ1) is 35.7. The zero-order valence-corrected chi connectivity index (χ0v) is 32.7. The molecular weight excluding hydrogens is 749 g/mol. The Bertz CT molecular complexity index is 3240. The molecule has 3 heterocycles. The Kier molecular flexibility index (Phi) is 9.02. The Morgan fingerprint density at radius 1 is 0.246 bits per heavy atom. The maximum atomic E-state index is 6.47. The van der Waals surface area contributed by atoms with Crippen molar-refractivity contribution < 1.29 is 4.42 Å². The van der Waals surface area contributed by atoms with E-state index in [-0.39, 0.29) is 0 Å².